The average Bonchev–Trinajstić information content (AvgIpc) is 3.47. The van der Waals surface area contributed by atoms with Crippen LogP contribution in [0.25, 0.3) is 10.9 Å². The lowest BCUT2D eigenvalue weighted by Gasteiger charge is -2.34. The van der Waals surface area contributed by atoms with Gasteiger partial charge in [0.05, 0.1) is 41.4 Å². The number of fused-ring (bicyclic) bond motifs is 1. The van der Waals surface area contributed by atoms with Crippen molar-refractivity contribution < 1.29 is 27.5 Å². The largest absolute Gasteiger partial charge is 0.451 e. The standard InChI is InChI=1S/C28H31ClF3N7O3/c1-17(40)37(2)19-7-8-39(16-19)24-6-3-20-22(36-24)5-4-21(29)25(20)26(41)33-15-23(38-9-11-42-12-10-38)18-13-34-27(35-14-18)28(30,31)32/h3-6,13-14,19,23H,7-12,15-16H2,1-2H3,(H,33,41). The van der Waals surface area contributed by atoms with Crippen LogP contribution in [0, 0.1) is 0 Å². The lowest BCUT2D eigenvalue weighted by Crippen LogP contribution is -2.44. The van der Waals surface area contributed by atoms with Crippen molar-refractivity contribution in [3.8, 4) is 0 Å². The molecule has 0 radical (unpaired) electrons. The number of nitrogens with zero attached hydrogens (tertiary/aromatic N) is 6. The molecule has 42 heavy (non-hydrogen) atoms. The number of carbonyl (C=O) groups excluding carboxylic acids is 2. The number of rotatable bonds is 7. The topological polar surface area (TPSA) is 104 Å². The van der Waals surface area contributed by atoms with Gasteiger partial charge in [-0.2, -0.15) is 13.2 Å². The number of hydrogen-bond acceptors (Lipinski definition) is 8. The van der Waals surface area contributed by atoms with E-state index in [1.807, 2.05) is 17.0 Å². The van der Waals surface area contributed by atoms with Crippen molar-refractivity contribution in [2.24, 2.45) is 0 Å². The van der Waals surface area contributed by atoms with Crippen LogP contribution in [-0.2, 0) is 15.7 Å². The Balaban J connectivity index is 1.35. The van der Waals surface area contributed by atoms with Gasteiger partial charge in [0.1, 0.15) is 5.82 Å². The van der Waals surface area contributed by atoms with E-state index in [1.54, 1.807) is 31.0 Å². The average molecular weight is 606 g/mol. The molecule has 4 heterocycles. The van der Waals surface area contributed by atoms with Gasteiger partial charge in [-0.3, -0.25) is 14.5 Å². The highest BCUT2D eigenvalue weighted by molar-refractivity contribution is 6.35. The zero-order valence-corrected chi connectivity index (χ0v) is 24.0. The molecule has 224 valence electrons. The summed E-state index contributed by atoms with van der Waals surface area (Å²) in [6, 6.07) is 6.64. The molecule has 2 aromatic heterocycles. The van der Waals surface area contributed by atoms with Crippen molar-refractivity contribution in [3.63, 3.8) is 0 Å². The number of halogens is 4. The van der Waals surface area contributed by atoms with E-state index in [0.717, 1.165) is 31.2 Å². The van der Waals surface area contributed by atoms with Crippen LogP contribution < -0.4 is 10.2 Å². The van der Waals surface area contributed by atoms with Crippen molar-refractivity contribution in [2.75, 3.05) is 57.9 Å². The molecule has 2 unspecified atom stereocenters. The van der Waals surface area contributed by atoms with Crippen LogP contribution in [0.2, 0.25) is 5.02 Å². The number of aromatic nitrogens is 3. The third kappa shape index (κ3) is 6.42. The van der Waals surface area contributed by atoms with E-state index in [-0.39, 0.29) is 29.1 Å². The third-order valence-corrected chi connectivity index (χ3v) is 8.13. The summed E-state index contributed by atoms with van der Waals surface area (Å²) in [5.41, 5.74) is 1.29. The second kappa shape index (κ2) is 12.4. The molecule has 14 heteroatoms. The minimum absolute atomic E-state index is 0.0142. The van der Waals surface area contributed by atoms with Crippen molar-refractivity contribution in [3.05, 3.63) is 58.6 Å². The first-order valence-electron chi connectivity index (χ1n) is 13.6. The van der Waals surface area contributed by atoms with Gasteiger partial charge in [0.25, 0.3) is 5.91 Å². The third-order valence-electron chi connectivity index (χ3n) is 7.82. The Bertz CT molecular complexity index is 1450. The van der Waals surface area contributed by atoms with E-state index < -0.39 is 23.9 Å². The fourth-order valence-corrected chi connectivity index (χ4v) is 5.63. The summed E-state index contributed by atoms with van der Waals surface area (Å²) in [7, 11) is 1.80. The Morgan fingerprint density at radius 2 is 1.86 bits per heavy atom. The molecular weight excluding hydrogens is 575 g/mol. The van der Waals surface area contributed by atoms with Gasteiger partial charge in [0, 0.05) is 70.0 Å². The molecule has 0 spiro atoms. The van der Waals surface area contributed by atoms with Crippen molar-refractivity contribution in [1.29, 1.82) is 0 Å². The van der Waals surface area contributed by atoms with Gasteiger partial charge in [-0.05, 0) is 30.7 Å². The van der Waals surface area contributed by atoms with Gasteiger partial charge < -0.3 is 19.9 Å². The molecule has 1 N–H and O–H groups in total. The number of anilines is 1. The van der Waals surface area contributed by atoms with Gasteiger partial charge in [-0.15, -0.1) is 0 Å². The monoisotopic (exact) mass is 605 g/mol. The highest BCUT2D eigenvalue weighted by atomic mass is 35.5. The van der Waals surface area contributed by atoms with Crippen LogP contribution in [0.5, 0.6) is 0 Å². The van der Waals surface area contributed by atoms with Crippen LogP contribution in [0.1, 0.15) is 41.1 Å². The number of likely N-dealkylation sites (N-methyl/N-ethyl adjacent to an activating group) is 1. The van der Waals surface area contributed by atoms with E-state index in [2.05, 4.69) is 20.2 Å². The highest BCUT2D eigenvalue weighted by Gasteiger charge is 2.35. The van der Waals surface area contributed by atoms with Gasteiger partial charge in [-0.25, -0.2) is 15.0 Å². The number of hydrogen-bond donors (Lipinski definition) is 1. The molecule has 2 saturated heterocycles. The molecule has 1 aromatic carbocycles. The van der Waals surface area contributed by atoms with Crippen LogP contribution in [0.15, 0.2) is 36.7 Å². The molecule has 2 atom stereocenters. The number of ether oxygens (including phenoxy) is 1. The zero-order chi connectivity index (χ0) is 30.0. The van der Waals surface area contributed by atoms with Gasteiger partial charge >= 0.3 is 6.18 Å². The highest BCUT2D eigenvalue weighted by Crippen LogP contribution is 2.30. The molecule has 2 aliphatic heterocycles. The normalized spacial score (nSPS) is 18.7. The van der Waals surface area contributed by atoms with E-state index in [9.17, 15) is 22.8 Å². The smallest absolute Gasteiger partial charge is 0.379 e. The Labute approximate surface area is 245 Å². The Morgan fingerprint density at radius 1 is 1.14 bits per heavy atom. The SMILES string of the molecule is CC(=O)N(C)C1CCN(c2ccc3c(C(=O)NCC(c4cnc(C(F)(F)F)nc4)N4CCOCC4)c(Cl)ccc3n2)C1. The molecule has 2 amide bonds. The van der Waals surface area contributed by atoms with Crippen LogP contribution in [-0.4, -0.2) is 95.6 Å². The summed E-state index contributed by atoms with van der Waals surface area (Å²) in [5, 5.41) is 3.73. The number of carbonyl (C=O) groups is 2. The molecular formula is C28H31ClF3N7O3. The maximum atomic E-state index is 13.5. The molecule has 2 fully saturated rings. The van der Waals surface area contributed by atoms with Gasteiger partial charge in [0.2, 0.25) is 11.7 Å². The lowest BCUT2D eigenvalue weighted by atomic mass is 10.1. The zero-order valence-electron chi connectivity index (χ0n) is 23.2. The number of nitrogens with one attached hydrogen (secondary N) is 1. The van der Waals surface area contributed by atoms with Gasteiger partial charge in [0.15, 0.2) is 0 Å². The number of pyridine rings is 1. The van der Waals surface area contributed by atoms with Gasteiger partial charge in [-0.1, -0.05) is 11.6 Å². The molecule has 0 bridgehead atoms. The fraction of sp³-hybridized carbons (Fsp3) is 0.464. The molecule has 2 aliphatic rings. The minimum atomic E-state index is -4.65. The fourth-order valence-electron chi connectivity index (χ4n) is 5.38. The second-order valence-corrected chi connectivity index (χ2v) is 10.8. The summed E-state index contributed by atoms with van der Waals surface area (Å²) < 4.78 is 44.5. The van der Waals surface area contributed by atoms with Crippen molar-refractivity contribution >= 4 is 40.1 Å². The van der Waals surface area contributed by atoms with E-state index >= 15 is 0 Å². The number of morpholine rings is 1. The van der Waals surface area contributed by atoms with Crippen molar-refractivity contribution in [1.82, 2.24) is 30.1 Å². The van der Waals surface area contributed by atoms with Crippen LogP contribution in [0.4, 0.5) is 19.0 Å². The second-order valence-electron chi connectivity index (χ2n) is 10.4. The predicted octanol–water partition coefficient (Wildman–Crippen LogP) is 3.56. The molecule has 0 aliphatic carbocycles. The maximum absolute atomic E-state index is 13.5. The molecule has 0 saturated carbocycles. The molecule has 5 rings (SSSR count). The first-order valence-corrected chi connectivity index (χ1v) is 14.0. The molecule has 3 aromatic rings. The number of alkyl halides is 3. The maximum Gasteiger partial charge on any atom is 0.451 e. The van der Waals surface area contributed by atoms with E-state index in [0.29, 0.717) is 49.3 Å². The Hall–Kier alpha value is -3.55. The van der Waals surface area contributed by atoms with Crippen molar-refractivity contribution in [2.45, 2.75) is 31.6 Å². The van der Waals surface area contributed by atoms with E-state index in [1.165, 1.54) is 0 Å². The first-order chi connectivity index (χ1) is 20.0. The Kier molecular flexibility index (Phi) is 8.81. The first kappa shape index (κ1) is 29.9. The number of benzene rings is 1. The number of amides is 2. The van der Waals surface area contributed by atoms with E-state index in [4.69, 9.17) is 21.3 Å². The molecule has 10 nitrogen and oxygen atoms in total. The van der Waals surface area contributed by atoms with Crippen LogP contribution in [0.3, 0.4) is 0 Å². The Morgan fingerprint density at radius 3 is 2.52 bits per heavy atom. The summed E-state index contributed by atoms with van der Waals surface area (Å²) in [5.74, 6) is -0.901. The quantitative estimate of drug-likeness (QED) is 0.436. The van der Waals surface area contributed by atoms with Crippen LogP contribution >= 0.6 is 11.6 Å². The predicted molar refractivity (Wildman–Crippen MR) is 150 cm³/mol. The lowest BCUT2D eigenvalue weighted by molar-refractivity contribution is -0.145. The summed E-state index contributed by atoms with van der Waals surface area (Å²) in [6.07, 6.45) is -1.52. The summed E-state index contributed by atoms with van der Waals surface area (Å²) in [6.45, 7) is 5.02. The summed E-state index contributed by atoms with van der Waals surface area (Å²) in [4.78, 5) is 43.0. The minimum Gasteiger partial charge on any atom is -0.379 e. The summed E-state index contributed by atoms with van der Waals surface area (Å²) >= 11 is 6.50.